The minimum atomic E-state index is -0.436. The van der Waals surface area contributed by atoms with Gasteiger partial charge in [-0.15, -0.1) is 10.2 Å². The van der Waals surface area contributed by atoms with Gasteiger partial charge in [-0.05, 0) is 44.2 Å². The molecule has 146 valence electrons. The van der Waals surface area contributed by atoms with Crippen LogP contribution in [0.3, 0.4) is 0 Å². The Hall–Kier alpha value is -3.34. The van der Waals surface area contributed by atoms with Gasteiger partial charge in [0.2, 0.25) is 11.1 Å². The van der Waals surface area contributed by atoms with E-state index in [4.69, 9.17) is 5.84 Å². The van der Waals surface area contributed by atoms with Crippen molar-refractivity contribution in [2.45, 2.75) is 19.0 Å². The summed E-state index contributed by atoms with van der Waals surface area (Å²) >= 11 is 1.15. The van der Waals surface area contributed by atoms with Crippen molar-refractivity contribution in [3.63, 3.8) is 0 Å². The maximum Gasteiger partial charge on any atom is 0.337 e. The fraction of sp³-hybridized carbons (Fsp3) is 0.235. The Labute approximate surface area is 165 Å². The fourth-order valence-corrected chi connectivity index (χ4v) is 3.13. The minimum absolute atomic E-state index is 0.0885. The maximum absolute atomic E-state index is 12.2. The number of carbonyl (C=O) groups excluding carboxylic acids is 2. The van der Waals surface area contributed by atoms with Crippen molar-refractivity contribution in [2.75, 3.05) is 24.0 Å². The Kier molecular flexibility index (Phi) is 5.64. The van der Waals surface area contributed by atoms with E-state index in [-0.39, 0.29) is 11.7 Å². The Balaban J connectivity index is 1.61. The van der Waals surface area contributed by atoms with Crippen molar-refractivity contribution in [3.05, 3.63) is 47.3 Å². The van der Waals surface area contributed by atoms with Crippen molar-refractivity contribution >= 4 is 29.3 Å². The molecule has 3 aromatic rings. The SMILES string of the molecule is COC(=O)c1ccc(NC(=O)CSc2nnc(-n3nc(C)cc3C)n2N)cc1. The minimum Gasteiger partial charge on any atom is -0.465 e. The molecule has 0 unspecified atom stereocenters. The zero-order chi connectivity index (χ0) is 20.3. The summed E-state index contributed by atoms with van der Waals surface area (Å²) in [7, 11) is 1.31. The van der Waals surface area contributed by atoms with Gasteiger partial charge in [0.05, 0.1) is 24.1 Å². The third-order valence-corrected chi connectivity index (χ3v) is 4.71. The second-order valence-corrected chi connectivity index (χ2v) is 6.84. The average Bonchev–Trinajstić information content (AvgIpc) is 3.20. The molecule has 3 rings (SSSR count). The van der Waals surface area contributed by atoms with E-state index in [2.05, 4.69) is 25.3 Å². The number of nitrogens with one attached hydrogen (secondary N) is 1. The number of nitrogen functional groups attached to an aromatic ring is 1. The first-order valence-electron chi connectivity index (χ1n) is 8.24. The molecule has 0 saturated carbocycles. The van der Waals surface area contributed by atoms with Crippen molar-refractivity contribution in [1.82, 2.24) is 24.7 Å². The van der Waals surface area contributed by atoms with E-state index in [1.807, 2.05) is 19.9 Å². The van der Waals surface area contributed by atoms with Gasteiger partial charge >= 0.3 is 5.97 Å². The van der Waals surface area contributed by atoms with Gasteiger partial charge < -0.3 is 15.9 Å². The van der Waals surface area contributed by atoms with E-state index in [9.17, 15) is 9.59 Å². The van der Waals surface area contributed by atoms with Crippen molar-refractivity contribution < 1.29 is 14.3 Å². The number of aromatic nitrogens is 5. The third-order valence-electron chi connectivity index (χ3n) is 3.77. The highest BCUT2D eigenvalue weighted by molar-refractivity contribution is 7.99. The largest absolute Gasteiger partial charge is 0.465 e. The lowest BCUT2D eigenvalue weighted by Gasteiger charge is -2.06. The number of hydrogen-bond donors (Lipinski definition) is 2. The van der Waals surface area contributed by atoms with Gasteiger partial charge in [0.25, 0.3) is 5.95 Å². The standard InChI is InChI=1S/C17H19N7O3S/c1-10-8-11(2)24(22-10)16-20-21-17(23(16)18)28-9-14(25)19-13-6-4-12(5-7-13)15(26)27-3/h4-8H,9,18H2,1-3H3,(H,19,25). The molecule has 0 atom stereocenters. The van der Waals surface area contributed by atoms with Gasteiger partial charge in [-0.3, -0.25) is 4.79 Å². The molecule has 0 bridgehead atoms. The molecule has 10 nitrogen and oxygen atoms in total. The molecule has 0 radical (unpaired) electrons. The van der Waals surface area contributed by atoms with Crippen LogP contribution in [0.5, 0.6) is 0 Å². The molecule has 0 fully saturated rings. The topological polar surface area (TPSA) is 130 Å². The predicted molar refractivity (Wildman–Crippen MR) is 104 cm³/mol. The molecule has 2 heterocycles. The number of esters is 1. The quantitative estimate of drug-likeness (QED) is 0.359. The monoisotopic (exact) mass is 401 g/mol. The number of aryl methyl sites for hydroxylation is 2. The van der Waals surface area contributed by atoms with Gasteiger partial charge in [-0.25, -0.2) is 14.2 Å². The molecule has 0 aliphatic rings. The van der Waals surface area contributed by atoms with Crippen molar-refractivity contribution in [2.24, 2.45) is 0 Å². The molecule has 0 aliphatic heterocycles. The normalized spacial score (nSPS) is 10.7. The van der Waals surface area contributed by atoms with Crippen LogP contribution in [0.1, 0.15) is 21.7 Å². The lowest BCUT2D eigenvalue weighted by molar-refractivity contribution is -0.113. The van der Waals surface area contributed by atoms with Crippen LogP contribution in [0.25, 0.3) is 5.95 Å². The lowest BCUT2D eigenvalue weighted by atomic mass is 10.2. The molecular weight excluding hydrogens is 382 g/mol. The zero-order valence-corrected chi connectivity index (χ0v) is 16.4. The number of nitrogens with two attached hydrogens (primary N) is 1. The van der Waals surface area contributed by atoms with Gasteiger partial charge in [-0.2, -0.15) is 5.10 Å². The number of methoxy groups -OCH3 is 1. The second-order valence-electron chi connectivity index (χ2n) is 5.90. The zero-order valence-electron chi connectivity index (χ0n) is 15.5. The van der Waals surface area contributed by atoms with Crippen LogP contribution in [0.4, 0.5) is 5.69 Å². The molecule has 11 heteroatoms. The van der Waals surface area contributed by atoms with Gasteiger partial charge in [0.15, 0.2) is 0 Å². The molecule has 1 aromatic carbocycles. The van der Waals surface area contributed by atoms with Crippen LogP contribution in [-0.2, 0) is 9.53 Å². The van der Waals surface area contributed by atoms with Crippen molar-refractivity contribution in [3.8, 4) is 5.95 Å². The average molecular weight is 401 g/mol. The number of carbonyl (C=O) groups is 2. The van der Waals surface area contributed by atoms with E-state index in [0.717, 1.165) is 23.1 Å². The van der Waals surface area contributed by atoms with Crippen LogP contribution in [-0.4, -0.2) is 49.4 Å². The highest BCUT2D eigenvalue weighted by atomic mass is 32.2. The van der Waals surface area contributed by atoms with Crippen molar-refractivity contribution in [1.29, 1.82) is 0 Å². The van der Waals surface area contributed by atoms with E-state index < -0.39 is 5.97 Å². The highest BCUT2D eigenvalue weighted by Crippen LogP contribution is 2.18. The van der Waals surface area contributed by atoms with Crippen LogP contribution >= 0.6 is 11.8 Å². The summed E-state index contributed by atoms with van der Waals surface area (Å²) < 4.78 is 7.52. The Morgan fingerprint density at radius 1 is 1.21 bits per heavy atom. The Morgan fingerprint density at radius 3 is 2.54 bits per heavy atom. The first-order valence-corrected chi connectivity index (χ1v) is 9.22. The van der Waals surface area contributed by atoms with Gasteiger partial charge in [-0.1, -0.05) is 11.8 Å². The lowest BCUT2D eigenvalue weighted by Crippen LogP contribution is -2.18. The third kappa shape index (κ3) is 4.14. The Bertz CT molecular complexity index is 1010. The molecule has 0 spiro atoms. The first kappa shape index (κ1) is 19.4. The summed E-state index contributed by atoms with van der Waals surface area (Å²) in [6.45, 7) is 3.76. The second kappa shape index (κ2) is 8.13. The van der Waals surface area contributed by atoms with Crippen LogP contribution in [0, 0.1) is 13.8 Å². The fourth-order valence-electron chi connectivity index (χ4n) is 2.48. The summed E-state index contributed by atoms with van der Waals surface area (Å²) in [5, 5.41) is 15.5. The number of benzene rings is 1. The maximum atomic E-state index is 12.2. The molecular formula is C17H19N7O3S. The molecule has 28 heavy (non-hydrogen) atoms. The molecule has 0 saturated heterocycles. The molecule has 3 N–H and O–H groups in total. The number of amides is 1. The predicted octanol–water partition coefficient (Wildman–Crippen LogP) is 1.31. The summed E-state index contributed by atoms with van der Waals surface area (Å²) in [4.78, 5) is 23.6. The van der Waals surface area contributed by atoms with Gasteiger partial charge in [0.1, 0.15) is 0 Å². The number of hydrogen-bond acceptors (Lipinski definition) is 8. The number of nitrogens with zero attached hydrogens (tertiary/aromatic N) is 5. The summed E-state index contributed by atoms with van der Waals surface area (Å²) in [6.07, 6.45) is 0. The van der Waals surface area contributed by atoms with E-state index >= 15 is 0 Å². The summed E-state index contributed by atoms with van der Waals surface area (Å²) in [5.74, 6) is 5.82. The van der Waals surface area contributed by atoms with E-state index in [1.54, 1.807) is 28.9 Å². The van der Waals surface area contributed by atoms with Crippen LogP contribution < -0.4 is 11.2 Å². The van der Waals surface area contributed by atoms with Crippen LogP contribution in [0.2, 0.25) is 0 Å². The molecule has 1 amide bonds. The highest BCUT2D eigenvalue weighted by Gasteiger charge is 2.16. The Morgan fingerprint density at radius 2 is 1.93 bits per heavy atom. The number of rotatable bonds is 6. The van der Waals surface area contributed by atoms with E-state index in [0.29, 0.717) is 22.4 Å². The molecule has 2 aromatic heterocycles. The van der Waals surface area contributed by atoms with Gasteiger partial charge in [0, 0.05) is 11.4 Å². The van der Waals surface area contributed by atoms with E-state index in [1.165, 1.54) is 11.8 Å². The first-order chi connectivity index (χ1) is 13.4. The summed E-state index contributed by atoms with van der Waals surface area (Å²) in [6, 6.07) is 8.31. The molecule has 0 aliphatic carbocycles. The number of thioether (sulfide) groups is 1. The number of ether oxygens (including phenoxy) is 1. The number of anilines is 1. The summed E-state index contributed by atoms with van der Waals surface area (Å²) in [5.41, 5.74) is 2.69. The smallest absolute Gasteiger partial charge is 0.337 e. The van der Waals surface area contributed by atoms with Crippen LogP contribution in [0.15, 0.2) is 35.5 Å².